The number of hydrogen-bond acceptors (Lipinski definition) is 5. The van der Waals surface area contributed by atoms with E-state index in [1.165, 1.54) is 0 Å². The third-order valence-corrected chi connectivity index (χ3v) is 2.52. The summed E-state index contributed by atoms with van der Waals surface area (Å²) in [6, 6.07) is -0.459. The van der Waals surface area contributed by atoms with Gasteiger partial charge in [0.2, 0.25) is 0 Å². The van der Waals surface area contributed by atoms with Crippen LogP contribution in [0.5, 0.6) is 0 Å². The monoisotopic (exact) mass is 201 g/mol. The van der Waals surface area contributed by atoms with E-state index in [1.54, 1.807) is 0 Å². The van der Waals surface area contributed by atoms with Crippen LogP contribution in [0.3, 0.4) is 0 Å². The van der Waals surface area contributed by atoms with Crippen molar-refractivity contribution in [2.75, 3.05) is 13.1 Å². The van der Waals surface area contributed by atoms with Gasteiger partial charge < -0.3 is 21.9 Å². The summed E-state index contributed by atoms with van der Waals surface area (Å²) in [6.07, 6.45) is 1.49. The van der Waals surface area contributed by atoms with Crippen molar-refractivity contribution < 1.29 is 14.7 Å². The third-order valence-electron chi connectivity index (χ3n) is 2.52. The van der Waals surface area contributed by atoms with Crippen LogP contribution in [0.4, 0.5) is 0 Å². The Hall–Kier alpha value is -0.980. The molecule has 1 rings (SSSR count). The Bertz CT molecular complexity index is 250. The topological polar surface area (TPSA) is 118 Å². The van der Waals surface area contributed by atoms with E-state index in [2.05, 4.69) is 5.32 Å². The summed E-state index contributed by atoms with van der Waals surface area (Å²) < 4.78 is 0. The summed E-state index contributed by atoms with van der Waals surface area (Å²) in [5, 5.41) is 11.7. The van der Waals surface area contributed by atoms with Crippen LogP contribution in [-0.4, -0.2) is 41.5 Å². The van der Waals surface area contributed by atoms with E-state index in [1.807, 2.05) is 0 Å². The first kappa shape index (κ1) is 11.1. The van der Waals surface area contributed by atoms with Crippen LogP contribution < -0.4 is 16.8 Å². The molecule has 1 saturated heterocycles. The molecule has 0 amide bonds. The molecule has 0 bridgehead atoms. The van der Waals surface area contributed by atoms with Gasteiger partial charge in [-0.15, -0.1) is 0 Å². The van der Waals surface area contributed by atoms with E-state index in [-0.39, 0.29) is 6.54 Å². The molecule has 0 radical (unpaired) electrons. The highest BCUT2D eigenvalue weighted by atomic mass is 16.4. The molecule has 14 heavy (non-hydrogen) atoms. The Kier molecular flexibility index (Phi) is 3.20. The summed E-state index contributed by atoms with van der Waals surface area (Å²) in [6.45, 7) is 0.343. The number of carboxylic acid groups (broad SMARTS) is 1. The van der Waals surface area contributed by atoms with Gasteiger partial charge in [-0.1, -0.05) is 0 Å². The first-order chi connectivity index (χ1) is 6.52. The molecule has 2 atom stereocenters. The Morgan fingerprint density at radius 1 is 1.57 bits per heavy atom. The fourth-order valence-corrected chi connectivity index (χ4v) is 1.51. The first-order valence-electron chi connectivity index (χ1n) is 4.52. The second kappa shape index (κ2) is 4.04. The Morgan fingerprint density at radius 2 is 2.21 bits per heavy atom. The van der Waals surface area contributed by atoms with Crippen LogP contribution in [0.1, 0.15) is 12.8 Å². The minimum atomic E-state index is -1.94. The lowest BCUT2D eigenvalue weighted by molar-refractivity contribution is -0.148. The van der Waals surface area contributed by atoms with Crippen molar-refractivity contribution in [2.24, 2.45) is 11.5 Å². The molecule has 6 nitrogen and oxygen atoms in total. The van der Waals surface area contributed by atoms with E-state index >= 15 is 0 Å². The van der Waals surface area contributed by atoms with Gasteiger partial charge >= 0.3 is 5.97 Å². The maximum atomic E-state index is 11.7. The Balaban J connectivity index is 2.78. The second-order valence-electron chi connectivity index (χ2n) is 3.49. The number of carbonyl (C=O) groups excluding carboxylic acids is 1. The van der Waals surface area contributed by atoms with Crippen molar-refractivity contribution in [1.29, 1.82) is 0 Å². The predicted octanol–water partition coefficient (Wildman–Crippen LogP) is -1.95. The van der Waals surface area contributed by atoms with Gasteiger partial charge in [-0.3, -0.25) is 4.79 Å². The number of hydrogen-bond donors (Lipinski definition) is 4. The number of rotatable bonds is 4. The zero-order chi connectivity index (χ0) is 10.8. The highest BCUT2D eigenvalue weighted by molar-refractivity contribution is 6.10. The zero-order valence-electron chi connectivity index (χ0n) is 7.82. The van der Waals surface area contributed by atoms with Crippen molar-refractivity contribution in [3.63, 3.8) is 0 Å². The van der Waals surface area contributed by atoms with Gasteiger partial charge in [0.1, 0.15) is 0 Å². The molecule has 6 heteroatoms. The Labute approximate surface area is 81.6 Å². The van der Waals surface area contributed by atoms with Gasteiger partial charge in [-0.25, -0.2) is 4.79 Å². The Morgan fingerprint density at radius 3 is 2.57 bits per heavy atom. The normalized spacial score (nSPS) is 25.7. The van der Waals surface area contributed by atoms with Crippen LogP contribution >= 0.6 is 0 Å². The lowest BCUT2D eigenvalue weighted by Gasteiger charge is -2.24. The maximum Gasteiger partial charge on any atom is 0.332 e. The summed E-state index contributed by atoms with van der Waals surface area (Å²) in [5.41, 5.74) is 8.73. The number of Topliss-reactive ketones (excluding diaryl/α,β-unsaturated/α-hetero) is 1. The minimum absolute atomic E-state index is 0.376. The molecule has 1 fully saturated rings. The summed E-state index contributed by atoms with van der Waals surface area (Å²) >= 11 is 0. The molecule has 6 N–H and O–H groups in total. The molecule has 80 valence electrons. The molecular weight excluding hydrogens is 186 g/mol. The number of aliphatic carboxylic acids is 1. The molecule has 1 aliphatic heterocycles. The molecular formula is C8H15N3O3. The van der Waals surface area contributed by atoms with Gasteiger partial charge in [0.05, 0.1) is 6.04 Å². The van der Waals surface area contributed by atoms with E-state index in [4.69, 9.17) is 16.6 Å². The van der Waals surface area contributed by atoms with Crippen LogP contribution in [0.25, 0.3) is 0 Å². The average Bonchev–Trinajstić information content (AvgIpc) is 2.67. The van der Waals surface area contributed by atoms with Crippen molar-refractivity contribution in [3.05, 3.63) is 0 Å². The maximum absolute atomic E-state index is 11.7. The summed E-state index contributed by atoms with van der Waals surface area (Å²) in [4.78, 5) is 22.5. The second-order valence-corrected chi connectivity index (χ2v) is 3.49. The highest BCUT2D eigenvalue weighted by Gasteiger charge is 2.44. The molecule has 0 aliphatic carbocycles. The molecule has 2 unspecified atom stereocenters. The number of ketones is 1. The standard InChI is InChI=1S/C8H15N3O3/c9-4-8(10,7(13)14)6(12)5-2-1-3-11-5/h5,11H,1-4,9-10H2,(H,13,14). The van der Waals surface area contributed by atoms with Gasteiger partial charge in [-0.2, -0.15) is 0 Å². The van der Waals surface area contributed by atoms with Crippen molar-refractivity contribution in [2.45, 2.75) is 24.4 Å². The van der Waals surface area contributed by atoms with E-state index in [0.29, 0.717) is 6.42 Å². The van der Waals surface area contributed by atoms with Gasteiger partial charge in [0.25, 0.3) is 0 Å². The largest absolute Gasteiger partial charge is 0.479 e. The number of carbonyl (C=O) groups is 2. The van der Waals surface area contributed by atoms with Gasteiger partial charge in [0.15, 0.2) is 11.3 Å². The zero-order valence-corrected chi connectivity index (χ0v) is 7.82. The van der Waals surface area contributed by atoms with Crippen LogP contribution in [0, 0.1) is 0 Å². The molecule has 1 heterocycles. The number of nitrogens with two attached hydrogens (primary N) is 2. The van der Waals surface area contributed by atoms with Gasteiger partial charge in [-0.05, 0) is 19.4 Å². The lowest BCUT2D eigenvalue weighted by atomic mass is 9.90. The molecule has 0 aromatic carbocycles. The molecule has 0 saturated carbocycles. The predicted molar refractivity (Wildman–Crippen MR) is 49.6 cm³/mol. The van der Waals surface area contributed by atoms with Crippen LogP contribution in [-0.2, 0) is 9.59 Å². The molecule has 1 aliphatic rings. The van der Waals surface area contributed by atoms with E-state index in [9.17, 15) is 9.59 Å². The fourth-order valence-electron chi connectivity index (χ4n) is 1.51. The van der Waals surface area contributed by atoms with Crippen molar-refractivity contribution in [1.82, 2.24) is 5.32 Å². The smallest absolute Gasteiger partial charge is 0.332 e. The number of carboxylic acids is 1. The average molecular weight is 201 g/mol. The van der Waals surface area contributed by atoms with Gasteiger partial charge in [0, 0.05) is 6.54 Å². The summed E-state index contributed by atoms with van der Waals surface area (Å²) in [7, 11) is 0. The van der Waals surface area contributed by atoms with E-state index < -0.39 is 23.3 Å². The first-order valence-corrected chi connectivity index (χ1v) is 4.52. The van der Waals surface area contributed by atoms with E-state index in [0.717, 1.165) is 13.0 Å². The van der Waals surface area contributed by atoms with Crippen LogP contribution in [0.15, 0.2) is 0 Å². The lowest BCUT2D eigenvalue weighted by Crippen LogP contribution is -2.64. The fraction of sp³-hybridized carbons (Fsp3) is 0.750. The SMILES string of the molecule is NCC(N)(C(=O)O)C(=O)C1CCCN1. The third kappa shape index (κ3) is 1.77. The summed E-state index contributed by atoms with van der Waals surface area (Å²) in [5.74, 6) is -1.89. The highest BCUT2D eigenvalue weighted by Crippen LogP contribution is 2.12. The molecule has 0 aromatic rings. The molecule has 0 spiro atoms. The van der Waals surface area contributed by atoms with Crippen molar-refractivity contribution in [3.8, 4) is 0 Å². The molecule has 0 aromatic heterocycles. The van der Waals surface area contributed by atoms with Crippen molar-refractivity contribution >= 4 is 11.8 Å². The van der Waals surface area contributed by atoms with Crippen LogP contribution in [0.2, 0.25) is 0 Å². The number of nitrogens with one attached hydrogen (secondary N) is 1. The minimum Gasteiger partial charge on any atom is -0.479 e. The quantitative estimate of drug-likeness (QED) is 0.392.